The molecule has 1 aliphatic heterocycles. The zero-order valence-electron chi connectivity index (χ0n) is 11.5. The number of hydrogen-bond acceptors (Lipinski definition) is 2. The van der Waals surface area contributed by atoms with E-state index in [0.717, 1.165) is 44.3 Å². The van der Waals surface area contributed by atoms with Gasteiger partial charge in [0, 0.05) is 19.5 Å². The Morgan fingerprint density at radius 3 is 2.28 bits per heavy atom. The van der Waals surface area contributed by atoms with Crippen LogP contribution < -0.4 is 5.32 Å². The monoisotopic (exact) mass is 274 g/mol. The molecule has 0 aromatic rings. The van der Waals surface area contributed by atoms with E-state index in [1.54, 1.807) is 0 Å². The Labute approximate surface area is 117 Å². The van der Waals surface area contributed by atoms with Gasteiger partial charge in [-0.1, -0.05) is 12.8 Å². The van der Waals surface area contributed by atoms with Crippen molar-refractivity contribution in [3.8, 4) is 0 Å². The number of nitrogens with zero attached hydrogens (tertiary/aromatic N) is 1. The molecule has 0 spiro atoms. The molecule has 0 aromatic heterocycles. The van der Waals surface area contributed by atoms with Crippen molar-refractivity contribution >= 4 is 18.3 Å². The quantitative estimate of drug-likeness (QED) is 0.807. The van der Waals surface area contributed by atoms with Gasteiger partial charge in [0.2, 0.25) is 5.91 Å². The van der Waals surface area contributed by atoms with Crippen LogP contribution in [-0.2, 0) is 4.79 Å². The van der Waals surface area contributed by atoms with Crippen LogP contribution in [-0.4, -0.2) is 37.5 Å². The summed E-state index contributed by atoms with van der Waals surface area (Å²) in [6.07, 6.45) is 8.33. The van der Waals surface area contributed by atoms with Gasteiger partial charge in [0.1, 0.15) is 0 Å². The maximum absolute atomic E-state index is 12.0. The van der Waals surface area contributed by atoms with Gasteiger partial charge in [-0.2, -0.15) is 0 Å². The summed E-state index contributed by atoms with van der Waals surface area (Å²) in [6, 6.07) is 0. The van der Waals surface area contributed by atoms with Gasteiger partial charge < -0.3 is 10.2 Å². The molecule has 18 heavy (non-hydrogen) atoms. The molecular weight excluding hydrogens is 248 g/mol. The molecule has 0 atom stereocenters. The minimum atomic E-state index is 0. The molecule has 0 unspecified atom stereocenters. The number of halogens is 1. The Morgan fingerprint density at radius 2 is 1.72 bits per heavy atom. The van der Waals surface area contributed by atoms with Gasteiger partial charge in [0.25, 0.3) is 0 Å². The molecule has 1 saturated carbocycles. The summed E-state index contributed by atoms with van der Waals surface area (Å²) in [5.41, 5.74) is 0. The Morgan fingerprint density at radius 1 is 1.11 bits per heavy atom. The molecule has 0 radical (unpaired) electrons. The van der Waals surface area contributed by atoms with Crippen LogP contribution in [0.2, 0.25) is 0 Å². The molecular formula is C14H27ClN2O. The maximum atomic E-state index is 12.0. The molecule has 1 amide bonds. The minimum Gasteiger partial charge on any atom is -0.343 e. The number of carbonyl (C=O) groups is 1. The normalized spacial score (nSPS) is 20.6. The lowest BCUT2D eigenvalue weighted by Gasteiger charge is -2.32. The Kier molecular flexibility index (Phi) is 7.02. The highest BCUT2D eigenvalue weighted by Gasteiger charge is 2.25. The number of likely N-dealkylation sites (tertiary alicyclic amines) is 1. The van der Waals surface area contributed by atoms with Crippen LogP contribution in [0.3, 0.4) is 0 Å². The molecule has 1 aliphatic carbocycles. The van der Waals surface area contributed by atoms with Gasteiger partial charge in [-0.15, -0.1) is 12.4 Å². The molecule has 106 valence electrons. The van der Waals surface area contributed by atoms with E-state index in [-0.39, 0.29) is 12.4 Å². The number of amides is 1. The summed E-state index contributed by atoms with van der Waals surface area (Å²) in [7, 11) is 2.01. The van der Waals surface area contributed by atoms with E-state index in [1.807, 2.05) is 7.05 Å². The van der Waals surface area contributed by atoms with Crippen molar-refractivity contribution in [1.82, 2.24) is 10.2 Å². The predicted octanol–water partition coefficient (Wildman–Crippen LogP) is 2.45. The highest BCUT2D eigenvalue weighted by atomic mass is 35.5. The Bertz CT molecular complexity index is 248. The van der Waals surface area contributed by atoms with E-state index in [0.29, 0.717) is 5.91 Å². The van der Waals surface area contributed by atoms with Crippen LogP contribution in [0.15, 0.2) is 0 Å². The van der Waals surface area contributed by atoms with E-state index in [9.17, 15) is 4.79 Å². The molecule has 2 rings (SSSR count). The third-order valence-corrected chi connectivity index (χ3v) is 4.23. The molecule has 4 heteroatoms. The lowest BCUT2D eigenvalue weighted by atomic mass is 9.93. The summed E-state index contributed by atoms with van der Waals surface area (Å²) < 4.78 is 0. The second-order valence-corrected chi connectivity index (χ2v) is 5.70. The van der Waals surface area contributed by atoms with Gasteiger partial charge in [-0.25, -0.2) is 0 Å². The first kappa shape index (κ1) is 15.8. The molecule has 2 fully saturated rings. The second kappa shape index (κ2) is 8.00. The lowest BCUT2D eigenvalue weighted by Crippen LogP contribution is -2.38. The van der Waals surface area contributed by atoms with E-state index in [2.05, 4.69) is 10.2 Å². The molecule has 1 heterocycles. The summed E-state index contributed by atoms with van der Waals surface area (Å²) in [5, 5.41) is 3.21. The zero-order chi connectivity index (χ0) is 12.1. The van der Waals surface area contributed by atoms with E-state index in [4.69, 9.17) is 0 Å². The maximum Gasteiger partial charge on any atom is 0.222 e. The zero-order valence-corrected chi connectivity index (χ0v) is 12.3. The van der Waals surface area contributed by atoms with Crippen LogP contribution in [0.1, 0.15) is 44.9 Å². The summed E-state index contributed by atoms with van der Waals surface area (Å²) in [5.74, 6) is 2.12. The van der Waals surface area contributed by atoms with Crippen molar-refractivity contribution < 1.29 is 4.79 Å². The van der Waals surface area contributed by atoms with Crippen LogP contribution in [0.4, 0.5) is 0 Å². The predicted molar refractivity (Wildman–Crippen MR) is 77.1 cm³/mol. The van der Waals surface area contributed by atoms with E-state index >= 15 is 0 Å². The molecule has 0 aromatic carbocycles. The molecule has 0 bridgehead atoms. The molecule has 1 N–H and O–H groups in total. The fraction of sp³-hybridized carbons (Fsp3) is 0.929. The lowest BCUT2D eigenvalue weighted by molar-refractivity contribution is -0.132. The first-order chi connectivity index (χ1) is 8.29. The van der Waals surface area contributed by atoms with Crippen LogP contribution >= 0.6 is 12.4 Å². The van der Waals surface area contributed by atoms with Crippen LogP contribution in [0.25, 0.3) is 0 Å². The summed E-state index contributed by atoms with van der Waals surface area (Å²) in [6.45, 7) is 3.11. The number of piperidine rings is 1. The molecule has 1 saturated heterocycles. The molecule has 2 aliphatic rings. The smallest absolute Gasteiger partial charge is 0.222 e. The average Bonchev–Trinajstić information content (AvgIpc) is 3.18. The molecule has 3 nitrogen and oxygen atoms in total. The highest BCUT2D eigenvalue weighted by molar-refractivity contribution is 5.85. The Hall–Kier alpha value is -0.280. The average molecular weight is 275 g/mol. The first-order valence-electron chi connectivity index (χ1n) is 7.22. The number of rotatable bonds is 6. The van der Waals surface area contributed by atoms with Crippen LogP contribution in [0, 0.1) is 11.8 Å². The number of carbonyl (C=O) groups excluding carboxylic acids is 1. The van der Waals surface area contributed by atoms with Crippen molar-refractivity contribution in [2.75, 3.05) is 26.7 Å². The summed E-state index contributed by atoms with van der Waals surface area (Å²) in [4.78, 5) is 14.1. The number of nitrogens with one attached hydrogen (secondary N) is 1. The van der Waals surface area contributed by atoms with Crippen molar-refractivity contribution in [3.63, 3.8) is 0 Å². The van der Waals surface area contributed by atoms with E-state index < -0.39 is 0 Å². The Balaban J connectivity index is 0.00000162. The minimum absolute atomic E-state index is 0. The number of hydrogen-bond donors (Lipinski definition) is 1. The largest absolute Gasteiger partial charge is 0.343 e. The van der Waals surface area contributed by atoms with Gasteiger partial charge >= 0.3 is 0 Å². The van der Waals surface area contributed by atoms with E-state index in [1.165, 1.54) is 32.1 Å². The fourth-order valence-corrected chi connectivity index (χ4v) is 2.71. The third-order valence-electron chi connectivity index (χ3n) is 4.23. The highest BCUT2D eigenvalue weighted by Crippen LogP contribution is 2.33. The van der Waals surface area contributed by atoms with Gasteiger partial charge in [-0.3, -0.25) is 4.79 Å². The van der Waals surface area contributed by atoms with Crippen molar-refractivity contribution in [3.05, 3.63) is 0 Å². The van der Waals surface area contributed by atoms with Gasteiger partial charge in [0.05, 0.1) is 0 Å². The van der Waals surface area contributed by atoms with Crippen LogP contribution in [0.5, 0.6) is 0 Å². The fourth-order valence-electron chi connectivity index (χ4n) is 2.71. The van der Waals surface area contributed by atoms with Crippen molar-refractivity contribution in [1.29, 1.82) is 0 Å². The van der Waals surface area contributed by atoms with Gasteiger partial charge in [0.15, 0.2) is 0 Å². The second-order valence-electron chi connectivity index (χ2n) is 5.70. The van der Waals surface area contributed by atoms with Crippen molar-refractivity contribution in [2.24, 2.45) is 11.8 Å². The van der Waals surface area contributed by atoms with Crippen molar-refractivity contribution in [2.45, 2.75) is 44.9 Å². The summed E-state index contributed by atoms with van der Waals surface area (Å²) >= 11 is 0. The topological polar surface area (TPSA) is 32.3 Å². The van der Waals surface area contributed by atoms with Gasteiger partial charge in [-0.05, 0) is 51.1 Å². The first-order valence-corrected chi connectivity index (χ1v) is 7.22. The standard InChI is InChI=1S/C14H26N2O.ClH/c1-15-9-6-13-7-10-16(11-8-13)14(17)5-4-12-2-3-12;/h12-13,15H,2-11H2,1H3;1H. The SMILES string of the molecule is CNCCC1CCN(C(=O)CCC2CC2)CC1.Cl. The third kappa shape index (κ3) is 5.15.